The summed E-state index contributed by atoms with van der Waals surface area (Å²) in [5.74, 6) is -0.533. The van der Waals surface area contributed by atoms with E-state index in [-0.39, 0.29) is 5.69 Å². The molecule has 94 valence electrons. The fourth-order valence-corrected chi connectivity index (χ4v) is 1.84. The average molecular weight is 265 g/mol. The van der Waals surface area contributed by atoms with E-state index in [0.29, 0.717) is 10.7 Å². The molecule has 0 radical (unpaired) electrons. The highest BCUT2D eigenvalue weighted by Gasteiger charge is 2.20. The van der Waals surface area contributed by atoms with Crippen molar-refractivity contribution >= 4 is 17.6 Å². The van der Waals surface area contributed by atoms with Crippen molar-refractivity contribution in [2.75, 3.05) is 7.11 Å². The quantitative estimate of drug-likeness (QED) is 0.784. The maximum absolute atomic E-state index is 11.5. The molecule has 1 aromatic heterocycles. The van der Waals surface area contributed by atoms with Gasteiger partial charge in [0.05, 0.1) is 23.5 Å². The lowest BCUT2D eigenvalue weighted by Crippen LogP contribution is -2.04. The molecule has 2 rings (SSSR count). The van der Waals surface area contributed by atoms with E-state index in [1.54, 1.807) is 4.68 Å². The van der Waals surface area contributed by atoms with Gasteiger partial charge in [-0.05, 0) is 26.0 Å². The van der Waals surface area contributed by atoms with Crippen molar-refractivity contribution < 1.29 is 9.53 Å². The number of methoxy groups -OCH3 is 1. The lowest BCUT2D eigenvalue weighted by molar-refractivity contribution is 0.0593. The SMILES string of the molecule is COC(=O)c1nn(-c2ccc(C)cc2)c(C)c1Cl. The molecule has 1 heterocycles. The van der Waals surface area contributed by atoms with Crippen LogP contribution in [0.3, 0.4) is 0 Å². The zero-order valence-electron chi connectivity index (χ0n) is 10.4. The highest BCUT2D eigenvalue weighted by Crippen LogP contribution is 2.23. The van der Waals surface area contributed by atoms with Crippen LogP contribution in [0.25, 0.3) is 5.69 Å². The van der Waals surface area contributed by atoms with E-state index in [1.807, 2.05) is 38.1 Å². The van der Waals surface area contributed by atoms with Gasteiger partial charge in [-0.25, -0.2) is 9.48 Å². The second-order valence-electron chi connectivity index (χ2n) is 3.99. The van der Waals surface area contributed by atoms with Gasteiger partial charge in [0, 0.05) is 0 Å². The maximum Gasteiger partial charge on any atom is 0.360 e. The summed E-state index contributed by atoms with van der Waals surface area (Å²) in [6.45, 7) is 3.81. The van der Waals surface area contributed by atoms with Crippen LogP contribution in [0.1, 0.15) is 21.7 Å². The number of rotatable bonds is 2. The van der Waals surface area contributed by atoms with Gasteiger partial charge in [-0.3, -0.25) is 0 Å². The summed E-state index contributed by atoms with van der Waals surface area (Å²) in [5.41, 5.74) is 2.86. The monoisotopic (exact) mass is 264 g/mol. The Bertz CT molecular complexity index is 588. The molecule has 5 heteroatoms. The zero-order chi connectivity index (χ0) is 13.3. The first-order valence-electron chi connectivity index (χ1n) is 5.45. The summed E-state index contributed by atoms with van der Waals surface area (Å²) >= 11 is 6.08. The molecule has 1 aromatic carbocycles. The molecule has 0 N–H and O–H groups in total. The number of hydrogen-bond acceptors (Lipinski definition) is 3. The average Bonchev–Trinajstić information content (AvgIpc) is 2.67. The van der Waals surface area contributed by atoms with Crippen molar-refractivity contribution in [3.8, 4) is 5.69 Å². The summed E-state index contributed by atoms with van der Waals surface area (Å²) in [7, 11) is 1.30. The molecule has 0 unspecified atom stereocenters. The second-order valence-corrected chi connectivity index (χ2v) is 4.36. The normalized spacial score (nSPS) is 10.4. The van der Waals surface area contributed by atoms with E-state index in [1.165, 1.54) is 7.11 Å². The van der Waals surface area contributed by atoms with Gasteiger partial charge in [0.1, 0.15) is 0 Å². The Morgan fingerprint density at radius 3 is 2.44 bits per heavy atom. The van der Waals surface area contributed by atoms with Crippen LogP contribution in [0, 0.1) is 13.8 Å². The van der Waals surface area contributed by atoms with Gasteiger partial charge in [0.2, 0.25) is 0 Å². The molecular weight excluding hydrogens is 252 g/mol. The van der Waals surface area contributed by atoms with Crippen LogP contribution in [0.2, 0.25) is 5.02 Å². The molecule has 0 atom stereocenters. The highest BCUT2D eigenvalue weighted by molar-refractivity contribution is 6.34. The van der Waals surface area contributed by atoms with E-state index in [0.717, 1.165) is 11.3 Å². The third kappa shape index (κ3) is 2.11. The molecule has 0 amide bonds. The number of hydrogen-bond donors (Lipinski definition) is 0. The largest absolute Gasteiger partial charge is 0.464 e. The third-order valence-electron chi connectivity index (χ3n) is 2.70. The number of carbonyl (C=O) groups excluding carboxylic acids is 1. The maximum atomic E-state index is 11.5. The van der Waals surface area contributed by atoms with Gasteiger partial charge in [0.25, 0.3) is 0 Å². The highest BCUT2D eigenvalue weighted by atomic mass is 35.5. The fraction of sp³-hybridized carbons (Fsp3) is 0.231. The van der Waals surface area contributed by atoms with Crippen molar-refractivity contribution in [2.45, 2.75) is 13.8 Å². The minimum atomic E-state index is -0.533. The summed E-state index contributed by atoms with van der Waals surface area (Å²) in [6, 6.07) is 7.80. The first kappa shape index (κ1) is 12.6. The minimum Gasteiger partial charge on any atom is -0.464 e. The zero-order valence-corrected chi connectivity index (χ0v) is 11.2. The van der Waals surface area contributed by atoms with Gasteiger partial charge in [0.15, 0.2) is 5.69 Å². The van der Waals surface area contributed by atoms with Crippen molar-refractivity contribution in [3.05, 3.63) is 46.2 Å². The molecule has 18 heavy (non-hydrogen) atoms. The summed E-state index contributed by atoms with van der Waals surface area (Å²) in [4.78, 5) is 11.5. The number of esters is 1. The predicted octanol–water partition coefficient (Wildman–Crippen LogP) is 2.93. The molecule has 0 saturated carbocycles. The standard InChI is InChI=1S/C13H13ClN2O2/c1-8-4-6-10(7-5-8)16-9(2)11(14)12(15-16)13(17)18-3/h4-7H,1-3H3. The van der Waals surface area contributed by atoms with Crippen molar-refractivity contribution in [1.82, 2.24) is 9.78 Å². The van der Waals surface area contributed by atoms with E-state index in [9.17, 15) is 4.79 Å². The van der Waals surface area contributed by atoms with Crippen LogP contribution in [0.4, 0.5) is 0 Å². The van der Waals surface area contributed by atoms with E-state index >= 15 is 0 Å². The van der Waals surface area contributed by atoms with Crippen LogP contribution >= 0.6 is 11.6 Å². The Morgan fingerprint density at radius 2 is 1.89 bits per heavy atom. The van der Waals surface area contributed by atoms with E-state index in [2.05, 4.69) is 9.84 Å². The number of nitrogens with zero attached hydrogens (tertiary/aromatic N) is 2. The first-order valence-corrected chi connectivity index (χ1v) is 5.83. The van der Waals surface area contributed by atoms with Crippen molar-refractivity contribution in [2.24, 2.45) is 0 Å². The summed E-state index contributed by atoms with van der Waals surface area (Å²) in [5, 5.41) is 4.51. The molecule has 0 bridgehead atoms. The van der Waals surface area contributed by atoms with Gasteiger partial charge in [-0.15, -0.1) is 0 Å². The van der Waals surface area contributed by atoms with Crippen LogP contribution in [-0.2, 0) is 4.74 Å². The number of ether oxygens (including phenoxy) is 1. The second kappa shape index (κ2) is 4.82. The van der Waals surface area contributed by atoms with E-state index in [4.69, 9.17) is 11.6 Å². The summed E-state index contributed by atoms with van der Waals surface area (Å²) < 4.78 is 6.27. The lowest BCUT2D eigenvalue weighted by Gasteiger charge is -2.04. The smallest absolute Gasteiger partial charge is 0.360 e. The summed E-state index contributed by atoms with van der Waals surface area (Å²) in [6.07, 6.45) is 0. The molecular formula is C13H13ClN2O2. The number of carbonyl (C=O) groups is 1. The fourth-order valence-electron chi connectivity index (χ4n) is 1.65. The van der Waals surface area contributed by atoms with Gasteiger partial charge < -0.3 is 4.74 Å². The topological polar surface area (TPSA) is 44.1 Å². The Morgan fingerprint density at radius 1 is 1.28 bits per heavy atom. The Kier molecular flexibility index (Phi) is 3.39. The van der Waals surface area contributed by atoms with Crippen LogP contribution in [0.15, 0.2) is 24.3 Å². The lowest BCUT2D eigenvalue weighted by atomic mass is 10.2. The van der Waals surface area contributed by atoms with Crippen LogP contribution in [0.5, 0.6) is 0 Å². The molecule has 0 fully saturated rings. The van der Waals surface area contributed by atoms with Crippen molar-refractivity contribution in [3.63, 3.8) is 0 Å². The number of aryl methyl sites for hydroxylation is 1. The Balaban J connectivity index is 2.52. The van der Waals surface area contributed by atoms with E-state index < -0.39 is 5.97 Å². The number of halogens is 1. The Labute approximate surface area is 110 Å². The molecule has 0 aliphatic heterocycles. The van der Waals surface area contributed by atoms with Crippen molar-refractivity contribution in [1.29, 1.82) is 0 Å². The molecule has 4 nitrogen and oxygen atoms in total. The molecule has 2 aromatic rings. The first-order chi connectivity index (χ1) is 8.54. The van der Waals surface area contributed by atoms with Gasteiger partial charge >= 0.3 is 5.97 Å². The van der Waals surface area contributed by atoms with Gasteiger partial charge in [-0.1, -0.05) is 29.3 Å². The minimum absolute atomic E-state index is 0.136. The molecule has 0 aliphatic rings. The predicted molar refractivity (Wildman–Crippen MR) is 69.4 cm³/mol. The molecule has 0 saturated heterocycles. The number of benzene rings is 1. The van der Waals surface area contributed by atoms with Gasteiger partial charge in [-0.2, -0.15) is 5.10 Å². The number of aromatic nitrogens is 2. The van der Waals surface area contributed by atoms with Crippen LogP contribution < -0.4 is 0 Å². The molecule has 0 aliphatic carbocycles. The Hall–Kier alpha value is -1.81. The van der Waals surface area contributed by atoms with Crippen LogP contribution in [-0.4, -0.2) is 22.9 Å². The third-order valence-corrected chi connectivity index (χ3v) is 3.15. The molecule has 0 spiro atoms.